The van der Waals surface area contributed by atoms with E-state index in [4.69, 9.17) is 27.9 Å². The maximum absolute atomic E-state index is 12.3. The van der Waals surface area contributed by atoms with Gasteiger partial charge in [-0.15, -0.1) is 0 Å². The van der Waals surface area contributed by atoms with Gasteiger partial charge in [-0.1, -0.05) is 29.3 Å². The topological polar surface area (TPSA) is 76.1 Å². The summed E-state index contributed by atoms with van der Waals surface area (Å²) in [5.74, 6) is 0.360. The van der Waals surface area contributed by atoms with Crippen LogP contribution >= 0.6 is 23.2 Å². The van der Waals surface area contributed by atoms with Gasteiger partial charge >= 0.3 is 0 Å². The Morgan fingerprint density at radius 2 is 2.15 bits per heavy atom. The number of hydrogen-bond acceptors (Lipinski definition) is 5. The molecule has 2 aromatic rings. The highest BCUT2D eigenvalue weighted by molar-refractivity contribution is 6.35. The Kier molecular flexibility index (Phi) is 6.66. The lowest BCUT2D eigenvalue weighted by atomic mass is 10.1. The van der Waals surface area contributed by atoms with Gasteiger partial charge in [-0.05, 0) is 37.0 Å². The van der Waals surface area contributed by atoms with Crippen LogP contribution in [0.15, 0.2) is 30.6 Å². The minimum atomic E-state index is -0.252. The van der Waals surface area contributed by atoms with Crippen LogP contribution in [0.5, 0.6) is 0 Å². The van der Waals surface area contributed by atoms with Gasteiger partial charge < -0.3 is 15.4 Å². The van der Waals surface area contributed by atoms with E-state index in [9.17, 15) is 4.79 Å². The van der Waals surface area contributed by atoms with Gasteiger partial charge in [-0.25, -0.2) is 9.97 Å². The molecule has 0 bridgehead atoms. The Bertz CT molecular complexity index is 767. The van der Waals surface area contributed by atoms with E-state index >= 15 is 0 Å². The Morgan fingerprint density at radius 1 is 1.27 bits per heavy atom. The molecule has 3 rings (SSSR count). The molecule has 26 heavy (non-hydrogen) atoms. The number of benzene rings is 1. The minimum Gasteiger partial charge on any atom is -0.376 e. The lowest BCUT2D eigenvalue weighted by Gasteiger charge is -2.11. The second kappa shape index (κ2) is 9.16. The third-order valence-electron chi connectivity index (χ3n) is 4.13. The van der Waals surface area contributed by atoms with E-state index in [1.54, 1.807) is 18.2 Å². The number of halogens is 2. The highest BCUT2D eigenvalue weighted by Crippen LogP contribution is 2.21. The molecule has 8 heteroatoms. The van der Waals surface area contributed by atoms with Gasteiger partial charge in [0, 0.05) is 35.8 Å². The van der Waals surface area contributed by atoms with Crippen LogP contribution in [0.25, 0.3) is 0 Å². The van der Waals surface area contributed by atoms with Gasteiger partial charge in [0.05, 0.1) is 6.10 Å². The predicted molar refractivity (Wildman–Crippen MR) is 102 cm³/mol. The number of anilines is 1. The van der Waals surface area contributed by atoms with Crippen molar-refractivity contribution in [1.29, 1.82) is 0 Å². The number of carbonyl (C=O) groups is 1. The van der Waals surface area contributed by atoms with Crippen LogP contribution in [-0.2, 0) is 11.2 Å². The van der Waals surface area contributed by atoms with Crippen LogP contribution in [0, 0.1) is 0 Å². The van der Waals surface area contributed by atoms with E-state index in [0.717, 1.165) is 25.0 Å². The first-order valence-electron chi connectivity index (χ1n) is 8.51. The molecule has 1 unspecified atom stereocenters. The normalized spacial score (nSPS) is 16.5. The zero-order valence-corrected chi connectivity index (χ0v) is 15.7. The second-order valence-corrected chi connectivity index (χ2v) is 6.89. The van der Waals surface area contributed by atoms with Crippen molar-refractivity contribution in [3.8, 4) is 0 Å². The molecule has 0 aliphatic carbocycles. The number of nitrogens with one attached hydrogen (secondary N) is 2. The van der Waals surface area contributed by atoms with E-state index in [2.05, 4.69) is 20.6 Å². The van der Waals surface area contributed by atoms with Crippen molar-refractivity contribution >= 4 is 34.9 Å². The summed E-state index contributed by atoms with van der Waals surface area (Å²) in [6.07, 6.45) is 4.31. The second-order valence-electron chi connectivity index (χ2n) is 6.05. The molecular formula is C18H20Cl2N4O2. The van der Waals surface area contributed by atoms with Gasteiger partial charge in [0.2, 0.25) is 0 Å². The van der Waals surface area contributed by atoms with E-state index in [-0.39, 0.29) is 12.0 Å². The largest absolute Gasteiger partial charge is 0.376 e. The van der Waals surface area contributed by atoms with Crippen molar-refractivity contribution in [3.05, 3.63) is 51.9 Å². The number of nitrogens with zero attached hydrogens (tertiary/aromatic N) is 2. The fourth-order valence-corrected chi connectivity index (χ4v) is 3.23. The van der Waals surface area contributed by atoms with Crippen molar-refractivity contribution in [1.82, 2.24) is 15.3 Å². The first-order valence-corrected chi connectivity index (χ1v) is 9.27. The molecule has 1 aromatic carbocycles. The van der Waals surface area contributed by atoms with Crippen molar-refractivity contribution in [2.45, 2.75) is 25.4 Å². The number of rotatable bonds is 7. The molecule has 1 amide bonds. The summed E-state index contributed by atoms with van der Waals surface area (Å²) in [4.78, 5) is 20.5. The third kappa shape index (κ3) is 5.30. The van der Waals surface area contributed by atoms with Crippen molar-refractivity contribution in [3.63, 3.8) is 0 Å². The smallest absolute Gasteiger partial charge is 0.270 e. The summed E-state index contributed by atoms with van der Waals surface area (Å²) in [6.45, 7) is 1.93. The summed E-state index contributed by atoms with van der Waals surface area (Å²) in [5, 5.41) is 7.21. The lowest BCUT2D eigenvalue weighted by molar-refractivity contribution is 0.0949. The summed E-state index contributed by atoms with van der Waals surface area (Å²) >= 11 is 12.0. The number of aromatic nitrogens is 2. The van der Waals surface area contributed by atoms with Gasteiger partial charge in [0.1, 0.15) is 17.8 Å². The molecule has 138 valence electrons. The van der Waals surface area contributed by atoms with E-state index in [1.165, 1.54) is 6.33 Å². The molecule has 1 aromatic heterocycles. The van der Waals surface area contributed by atoms with E-state index in [0.29, 0.717) is 41.1 Å². The minimum absolute atomic E-state index is 0.200. The maximum atomic E-state index is 12.3. The van der Waals surface area contributed by atoms with Crippen LogP contribution in [0.3, 0.4) is 0 Å². The Labute approximate surface area is 162 Å². The van der Waals surface area contributed by atoms with Crippen LogP contribution in [-0.4, -0.2) is 41.7 Å². The maximum Gasteiger partial charge on any atom is 0.270 e. The molecule has 1 aliphatic rings. The van der Waals surface area contributed by atoms with Crippen LogP contribution < -0.4 is 10.6 Å². The van der Waals surface area contributed by atoms with Gasteiger partial charge in [0.25, 0.3) is 5.91 Å². The molecule has 1 fully saturated rings. The standard InChI is InChI=1S/C18H20Cl2N4O2/c19-13-4-3-12(15(20)8-13)5-6-21-18(25)16-9-17(24-11-23-16)22-10-14-2-1-7-26-14/h3-4,8-9,11,14H,1-2,5-7,10H2,(H,21,25)(H,22,23,24). The SMILES string of the molecule is O=C(NCCc1ccc(Cl)cc1Cl)c1cc(NCC2CCCO2)ncn1. The van der Waals surface area contributed by atoms with Crippen LogP contribution in [0.4, 0.5) is 5.82 Å². The van der Waals surface area contributed by atoms with Crippen molar-refractivity contribution in [2.75, 3.05) is 25.0 Å². The molecule has 6 nitrogen and oxygen atoms in total. The molecule has 0 saturated carbocycles. The number of carbonyl (C=O) groups excluding carboxylic acids is 1. The fraction of sp³-hybridized carbons (Fsp3) is 0.389. The summed E-state index contributed by atoms with van der Waals surface area (Å²) in [5.41, 5.74) is 1.25. The zero-order valence-electron chi connectivity index (χ0n) is 14.2. The molecule has 2 heterocycles. The van der Waals surface area contributed by atoms with Crippen molar-refractivity contribution < 1.29 is 9.53 Å². The molecule has 0 radical (unpaired) electrons. The molecule has 1 atom stereocenters. The number of amides is 1. The van der Waals surface area contributed by atoms with Gasteiger partial charge in [-0.2, -0.15) is 0 Å². The molecular weight excluding hydrogens is 375 g/mol. The summed E-state index contributed by atoms with van der Waals surface area (Å²) < 4.78 is 5.56. The zero-order chi connectivity index (χ0) is 18.4. The number of ether oxygens (including phenoxy) is 1. The first-order chi connectivity index (χ1) is 12.6. The Morgan fingerprint density at radius 3 is 2.92 bits per heavy atom. The first kappa shape index (κ1) is 18.9. The quantitative estimate of drug-likeness (QED) is 0.752. The Balaban J connectivity index is 1.50. The predicted octanol–water partition coefficient (Wildman–Crippen LogP) is 3.35. The van der Waals surface area contributed by atoms with Crippen LogP contribution in [0.2, 0.25) is 10.0 Å². The highest BCUT2D eigenvalue weighted by Gasteiger charge is 2.15. The fourth-order valence-electron chi connectivity index (χ4n) is 2.73. The van der Waals surface area contributed by atoms with Gasteiger partial charge in [-0.3, -0.25) is 4.79 Å². The lowest BCUT2D eigenvalue weighted by Crippen LogP contribution is -2.27. The molecule has 1 saturated heterocycles. The van der Waals surface area contributed by atoms with Gasteiger partial charge in [0.15, 0.2) is 0 Å². The average molecular weight is 395 g/mol. The monoisotopic (exact) mass is 394 g/mol. The van der Waals surface area contributed by atoms with E-state index in [1.807, 2.05) is 6.07 Å². The molecule has 2 N–H and O–H groups in total. The summed E-state index contributed by atoms with van der Waals surface area (Å²) in [6, 6.07) is 6.96. The van der Waals surface area contributed by atoms with E-state index < -0.39 is 0 Å². The molecule has 0 spiro atoms. The molecule has 1 aliphatic heterocycles. The third-order valence-corrected chi connectivity index (χ3v) is 4.72. The van der Waals surface area contributed by atoms with Crippen LogP contribution in [0.1, 0.15) is 28.9 Å². The summed E-state index contributed by atoms with van der Waals surface area (Å²) in [7, 11) is 0. The Hall–Kier alpha value is -1.89. The number of hydrogen-bond donors (Lipinski definition) is 2. The average Bonchev–Trinajstić information content (AvgIpc) is 3.15. The highest BCUT2D eigenvalue weighted by atomic mass is 35.5. The van der Waals surface area contributed by atoms with Crippen molar-refractivity contribution in [2.24, 2.45) is 0 Å².